The highest BCUT2D eigenvalue weighted by Gasteiger charge is 2.13. The van der Waals surface area contributed by atoms with Crippen LogP contribution in [0.15, 0.2) is 42.7 Å². The predicted octanol–water partition coefficient (Wildman–Crippen LogP) is 2.43. The summed E-state index contributed by atoms with van der Waals surface area (Å²) < 4.78 is 5.01. The maximum absolute atomic E-state index is 11.9. The Hall–Kier alpha value is -3.09. The topological polar surface area (TPSA) is 101 Å². The van der Waals surface area contributed by atoms with Crippen molar-refractivity contribution in [3.8, 4) is 5.75 Å². The number of amides is 2. The Morgan fingerprint density at radius 1 is 1.24 bits per heavy atom. The minimum Gasteiger partial charge on any atom is -0.497 e. The second kappa shape index (κ2) is 6.38. The normalized spacial score (nSPS) is 9.76. The van der Waals surface area contributed by atoms with Crippen LogP contribution in [-0.2, 0) is 0 Å². The lowest BCUT2D eigenvalue weighted by Crippen LogP contribution is -2.21. The van der Waals surface area contributed by atoms with Crippen LogP contribution in [0.2, 0.25) is 0 Å². The van der Waals surface area contributed by atoms with Crippen LogP contribution in [0.4, 0.5) is 16.2 Å². The van der Waals surface area contributed by atoms with Crippen LogP contribution in [0.1, 0.15) is 10.4 Å². The number of benzene rings is 1. The van der Waals surface area contributed by atoms with Crippen LogP contribution in [-0.4, -0.2) is 29.2 Å². The summed E-state index contributed by atoms with van der Waals surface area (Å²) in [4.78, 5) is 26.9. The van der Waals surface area contributed by atoms with E-state index in [0.717, 1.165) is 0 Å². The fraction of sp³-hybridized carbons (Fsp3) is 0.0714. The first-order chi connectivity index (χ1) is 10.1. The van der Waals surface area contributed by atoms with Crippen LogP contribution >= 0.6 is 0 Å². The second-order valence-corrected chi connectivity index (χ2v) is 4.04. The van der Waals surface area contributed by atoms with E-state index in [1.54, 1.807) is 18.3 Å². The van der Waals surface area contributed by atoms with E-state index in [4.69, 9.17) is 9.84 Å². The minimum absolute atomic E-state index is 0.0304. The number of ether oxygens (including phenoxy) is 1. The van der Waals surface area contributed by atoms with Crippen molar-refractivity contribution in [1.29, 1.82) is 0 Å². The van der Waals surface area contributed by atoms with E-state index in [-0.39, 0.29) is 11.3 Å². The van der Waals surface area contributed by atoms with E-state index in [0.29, 0.717) is 11.4 Å². The van der Waals surface area contributed by atoms with E-state index in [9.17, 15) is 9.59 Å². The summed E-state index contributed by atoms with van der Waals surface area (Å²) in [5.41, 5.74) is 0.607. The van der Waals surface area contributed by atoms with Crippen molar-refractivity contribution in [3.05, 3.63) is 48.3 Å². The zero-order chi connectivity index (χ0) is 15.2. The van der Waals surface area contributed by atoms with Gasteiger partial charge >= 0.3 is 12.0 Å². The van der Waals surface area contributed by atoms with Gasteiger partial charge in [0, 0.05) is 12.3 Å². The Labute approximate surface area is 120 Å². The number of carboxylic acids is 1. The van der Waals surface area contributed by atoms with Crippen molar-refractivity contribution in [2.24, 2.45) is 0 Å². The van der Waals surface area contributed by atoms with E-state index < -0.39 is 12.0 Å². The van der Waals surface area contributed by atoms with Crippen molar-refractivity contribution in [1.82, 2.24) is 4.98 Å². The highest BCUT2D eigenvalue weighted by molar-refractivity contribution is 6.04. The molecule has 0 unspecified atom stereocenters. The number of methoxy groups -OCH3 is 1. The van der Waals surface area contributed by atoms with E-state index in [1.165, 1.54) is 31.5 Å². The van der Waals surface area contributed by atoms with E-state index in [2.05, 4.69) is 15.6 Å². The average molecular weight is 287 g/mol. The molecule has 1 aromatic carbocycles. The molecule has 0 aliphatic carbocycles. The molecule has 1 aromatic heterocycles. The third-order valence-electron chi connectivity index (χ3n) is 2.62. The first kappa shape index (κ1) is 14.3. The molecule has 0 bridgehead atoms. The smallest absolute Gasteiger partial charge is 0.337 e. The summed E-state index contributed by atoms with van der Waals surface area (Å²) in [6.45, 7) is 0. The molecule has 0 fully saturated rings. The van der Waals surface area contributed by atoms with Gasteiger partial charge in [0.2, 0.25) is 0 Å². The number of carbonyl (C=O) groups is 2. The summed E-state index contributed by atoms with van der Waals surface area (Å²) in [5, 5.41) is 14.1. The number of urea groups is 1. The van der Waals surface area contributed by atoms with Gasteiger partial charge in [-0.1, -0.05) is 0 Å². The lowest BCUT2D eigenvalue weighted by atomic mass is 10.1. The zero-order valence-electron chi connectivity index (χ0n) is 11.2. The van der Waals surface area contributed by atoms with Gasteiger partial charge in [0.05, 0.1) is 30.2 Å². The number of nitrogens with zero attached hydrogens (tertiary/aromatic N) is 1. The van der Waals surface area contributed by atoms with Gasteiger partial charge in [0.1, 0.15) is 5.75 Å². The van der Waals surface area contributed by atoms with Gasteiger partial charge in [-0.15, -0.1) is 0 Å². The van der Waals surface area contributed by atoms with Gasteiger partial charge in [-0.2, -0.15) is 0 Å². The molecule has 0 atom stereocenters. The number of aromatic nitrogens is 1. The summed E-state index contributed by atoms with van der Waals surface area (Å²) >= 11 is 0. The molecule has 0 spiro atoms. The summed E-state index contributed by atoms with van der Waals surface area (Å²) in [7, 11) is 1.45. The molecule has 0 saturated carbocycles. The predicted molar refractivity (Wildman–Crippen MR) is 76.8 cm³/mol. The average Bonchev–Trinajstić information content (AvgIpc) is 2.47. The number of aromatic carboxylic acids is 1. The number of carbonyl (C=O) groups excluding carboxylic acids is 1. The molecule has 0 saturated heterocycles. The molecule has 0 radical (unpaired) electrons. The molecule has 2 rings (SSSR count). The van der Waals surface area contributed by atoms with Crippen LogP contribution in [0, 0.1) is 0 Å². The summed E-state index contributed by atoms with van der Waals surface area (Å²) in [6, 6.07) is 7.07. The Morgan fingerprint density at radius 2 is 2.05 bits per heavy atom. The number of pyridine rings is 1. The molecule has 2 aromatic rings. The van der Waals surface area contributed by atoms with Crippen molar-refractivity contribution in [3.63, 3.8) is 0 Å². The number of hydrogen-bond acceptors (Lipinski definition) is 4. The molecule has 2 amide bonds. The van der Waals surface area contributed by atoms with Crippen molar-refractivity contribution in [2.45, 2.75) is 0 Å². The Balaban J connectivity index is 2.17. The van der Waals surface area contributed by atoms with E-state index >= 15 is 0 Å². The highest BCUT2D eigenvalue weighted by atomic mass is 16.5. The largest absolute Gasteiger partial charge is 0.497 e. The molecule has 21 heavy (non-hydrogen) atoms. The zero-order valence-corrected chi connectivity index (χ0v) is 11.2. The van der Waals surface area contributed by atoms with Gasteiger partial charge in [0.15, 0.2) is 0 Å². The fourth-order valence-corrected chi connectivity index (χ4v) is 1.66. The molecular formula is C14H13N3O4. The first-order valence-electron chi connectivity index (χ1n) is 5.99. The highest BCUT2D eigenvalue weighted by Crippen LogP contribution is 2.22. The monoisotopic (exact) mass is 287 g/mol. The number of hydrogen-bond donors (Lipinski definition) is 3. The fourth-order valence-electron chi connectivity index (χ4n) is 1.66. The number of rotatable bonds is 4. The van der Waals surface area contributed by atoms with Gasteiger partial charge in [-0.25, -0.2) is 9.59 Å². The van der Waals surface area contributed by atoms with Crippen LogP contribution in [0.5, 0.6) is 5.75 Å². The number of nitrogens with one attached hydrogen (secondary N) is 2. The molecular weight excluding hydrogens is 274 g/mol. The number of carboxylic acid groups (broad SMARTS) is 1. The number of anilines is 2. The lowest BCUT2D eigenvalue weighted by Gasteiger charge is -2.11. The van der Waals surface area contributed by atoms with Crippen LogP contribution in [0.25, 0.3) is 0 Å². The third-order valence-corrected chi connectivity index (χ3v) is 2.62. The lowest BCUT2D eigenvalue weighted by molar-refractivity contribution is 0.0698. The van der Waals surface area contributed by atoms with Gasteiger partial charge in [-0.05, 0) is 24.3 Å². The quantitative estimate of drug-likeness (QED) is 0.801. The van der Waals surface area contributed by atoms with Crippen LogP contribution < -0.4 is 15.4 Å². The molecule has 108 valence electrons. The molecule has 0 aliphatic heterocycles. The van der Waals surface area contributed by atoms with E-state index in [1.807, 2.05) is 0 Å². The molecule has 7 nitrogen and oxygen atoms in total. The second-order valence-electron chi connectivity index (χ2n) is 4.04. The van der Waals surface area contributed by atoms with Gasteiger partial charge < -0.3 is 20.5 Å². The summed E-state index contributed by atoms with van der Waals surface area (Å²) in [5.74, 6) is -0.703. The maximum atomic E-state index is 11.9. The van der Waals surface area contributed by atoms with Crippen molar-refractivity contribution in [2.75, 3.05) is 17.7 Å². The SMILES string of the molecule is COc1ccc(C(=O)O)c(NC(=O)Nc2cccnc2)c1. The summed E-state index contributed by atoms with van der Waals surface area (Å²) in [6.07, 6.45) is 3.05. The Bertz CT molecular complexity index is 659. The Kier molecular flexibility index (Phi) is 4.35. The van der Waals surface area contributed by atoms with Crippen LogP contribution in [0.3, 0.4) is 0 Å². The first-order valence-corrected chi connectivity index (χ1v) is 5.99. The third kappa shape index (κ3) is 3.69. The maximum Gasteiger partial charge on any atom is 0.337 e. The van der Waals surface area contributed by atoms with Crippen molar-refractivity contribution >= 4 is 23.4 Å². The molecule has 0 aliphatic rings. The van der Waals surface area contributed by atoms with Crippen molar-refractivity contribution < 1.29 is 19.4 Å². The molecule has 7 heteroatoms. The molecule has 3 N–H and O–H groups in total. The van der Waals surface area contributed by atoms with Gasteiger partial charge in [0.25, 0.3) is 0 Å². The standard InChI is InChI=1S/C14H13N3O4/c1-21-10-4-5-11(13(18)19)12(7-10)17-14(20)16-9-3-2-6-15-8-9/h2-8H,1H3,(H,18,19)(H2,16,17,20). The van der Waals surface area contributed by atoms with Gasteiger partial charge in [-0.3, -0.25) is 4.98 Å². The molecule has 1 heterocycles. The minimum atomic E-state index is -1.14. The Morgan fingerprint density at radius 3 is 2.67 bits per heavy atom.